The number of nitrogens with one attached hydrogen (secondary N) is 2. The number of rotatable bonds is 2. The Morgan fingerprint density at radius 3 is 3.00 bits per heavy atom. The van der Waals surface area contributed by atoms with Crippen molar-refractivity contribution < 1.29 is 0 Å². The second-order valence-electron chi connectivity index (χ2n) is 4.83. The van der Waals surface area contributed by atoms with Gasteiger partial charge in [0.2, 0.25) is 0 Å². The van der Waals surface area contributed by atoms with Gasteiger partial charge in [-0.1, -0.05) is 0 Å². The molecule has 2 N–H and O–H groups in total. The molecule has 0 bridgehead atoms. The minimum atomic E-state index is 0.680. The summed E-state index contributed by atoms with van der Waals surface area (Å²) in [5.74, 6) is 0. The SMILES string of the molecule is C1CCc2c(CC3CCCN3)n[nH]c2C1. The highest BCUT2D eigenvalue weighted by Gasteiger charge is 2.21. The van der Waals surface area contributed by atoms with Crippen LogP contribution in [-0.4, -0.2) is 22.8 Å². The fourth-order valence-electron chi connectivity index (χ4n) is 2.88. The molecule has 3 nitrogen and oxygen atoms in total. The number of aromatic nitrogens is 2. The van der Waals surface area contributed by atoms with Crippen LogP contribution in [0, 0.1) is 0 Å². The first-order chi connectivity index (χ1) is 7.43. The third-order valence-electron chi connectivity index (χ3n) is 3.74. The van der Waals surface area contributed by atoms with Crippen LogP contribution in [0.1, 0.15) is 42.6 Å². The van der Waals surface area contributed by atoms with Crippen LogP contribution in [-0.2, 0) is 19.3 Å². The first-order valence-corrected chi connectivity index (χ1v) is 6.22. The van der Waals surface area contributed by atoms with Crippen LogP contribution < -0.4 is 5.32 Å². The largest absolute Gasteiger partial charge is 0.314 e. The van der Waals surface area contributed by atoms with Crippen LogP contribution in [0.4, 0.5) is 0 Å². The highest BCUT2D eigenvalue weighted by Crippen LogP contribution is 2.23. The average molecular weight is 205 g/mol. The number of fused-ring (bicyclic) bond motifs is 1. The summed E-state index contributed by atoms with van der Waals surface area (Å²) in [6, 6.07) is 0.680. The summed E-state index contributed by atoms with van der Waals surface area (Å²) in [4.78, 5) is 0. The molecule has 2 aliphatic rings. The zero-order chi connectivity index (χ0) is 10.1. The van der Waals surface area contributed by atoms with Crippen molar-refractivity contribution in [3.63, 3.8) is 0 Å². The molecule has 0 spiro atoms. The van der Waals surface area contributed by atoms with E-state index in [0.29, 0.717) is 6.04 Å². The maximum Gasteiger partial charge on any atom is 0.0672 e. The lowest BCUT2D eigenvalue weighted by molar-refractivity contribution is 0.588. The second kappa shape index (κ2) is 3.97. The molecule has 15 heavy (non-hydrogen) atoms. The van der Waals surface area contributed by atoms with Crippen LogP contribution >= 0.6 is 0 Å². The number of aryl methyl sites for hydroxylation is 1. The summed E-state index contributed by atoms with van der Waals surface area (Å²) in [5.41, 5.74) is 4.29. The van der Waals surface area contributed by atoms with E-state index in [9.17, 15) is 0 Å². The van der Waals surface area contributed by atoms with Crippen LogP contribution in [0.5, 0.6) is 0 Å². The molecular formula is C12H19N3. The van der Waals surface area contributed by atoms with Gasteiger partial charge in [-0.15, -0.1) is 0 Å². The van der Waals surface area contributed by atoms with Gasteiger partial charge in [0.25, 0.3) is 0 Å². The second-order valence-corrected chi connectivity index (χ2v) is 4.83. The fourth-order valence-corrected chi connectivity index (χ4v) is 2.88. The molecule has 0 aromatic carbocycles. The molecule has 1 aromatic heterocycles. The molecule has 1 unspecified atom stereocenters. The third kappa shape index (κ3) is 1.81. The Morgan fingerprint density at radius 1 is 1.20 bits per heavy atom. The molecule has 1 aliphatic heterocycles. The zero-order valence-corrected chi connectivity index (χ0v) is 9.18. The van der Waals surface area contributed by atoms with Crippen molar-refractivity contribution in [2.45, 2.75) is 51.0 Å². The van der Waals surface area contributed by atoms with Gasteiger partial charge in [0, 0.05) is 18.2 Å². The molecule has 0 amide bonds. The number of aromatic amines is 1. The van der Waals surface area contributed by atoms with Gasteiger partial charge in [-0.25, -0.2) is 0 Å². The lowest BCUT2D eigenvalue weighted by atomic mass is 9.94. The average Bonchev–Trinajstić information content (AvgIpc) is 2.89. The molecule has 1 atom stereocenters. The minimum Gasteiger partial charge on any atom is -0.314 e. The first kappa shape index (κ1) is 9.40. The van der Waals surface area contributed by atoms with Crippen molar-refractivity contribution in [1.82, 2.24) is 15.5 Å². The van der Waals surface area contributed by atoms with Gasteiger partial charge < -0.3 is 5.32 Å². The predicted molar refractivity (Wildman–Crippen MR) is 60.0 cm³/mol. The number of H-pyrrole nitrogens is 1. The first-order valence-electron chi connectivity index (χ1n) is 6.22. The predicted octanol–water partition coefficient (Wildman–Crippen LogP) is 1.58. The van der Waals surface area contributed by atoms with E-state index in [1.165, 1.54) is 62.0 Å². The summed E-state index contributed by atoms with van der Waals surface area (Å²) in [6.07, 6.45) is 8.91. The van der Waals surface area contributed by atoms with E-state index < -0.39 is 0 Å². The number of hydrogen-bond donors (Lipinski definition) is 2. The van der Waals surface area contributed by atoms with Crippen molar-refractivity contribution in [2.75, 3.05) is 6.54 Å². The Bertz CT molecular complexity index is 337. The van der Waals surface area contributed by atoms with Gasteiger partial charge in [-0.3, -0.25) is 5.10 Å². The fraction of sp³-hybridized carbons (Fsp3) is 0.750. The van der Waals surface area contributed by atoms with Crippen molar-refractivity contribution in [2.24, 2.45) is 0 Å². The van der Waals surface area contributed by atoms with Crippen LogP contribution in [0.25, 0.3) is 0 Å². The Labute approximate surface area is 90.7 Å². The van der Waals surface area contributed by atoms with Crippen molar-refractivity contribution >= 4 is 0 Å². The molecule has 1 aromatic rings. The molecule has 0 saturated carbocycles. The van der Waals surface area contributed by atoms with Crippen LogP contribution in [0.3, 0.4) is 0 Å². The van der Waals surface area contributed by atoms with E-state index in [0.717, 1.165) is 6.42 Å². The highest BCUT2D eigenvalue weighted by atomic mass is 15.1. The van der Waals surface area contributed by atoms with E-state index in [-0.39, 0.29) is 0 Å². The van der Waals surface area contributed by atoms with Gasteiger partial charge in [0.1, 0.15) is 0 Å². The quantitative estimate of drug-likeness (QED) is 0.769. The Hall–Kier alpha value is -0.830. The minimum absolute atomic E-state index is 0.680. The standard InChI is InChI=1S/C12H19N3/c1-2-6-11-10(5-1)12(15-14-11)8-9-4-3-7-13-9/h9,13H,1-8H2,(H,14,15). The third-order valence-corrected chi connectivity index (χ3v) is 3.74. The van der Waals surface area contributed by atoms with Crippen LogP contribution in [0.2, 0.25) is 0 Å². The van der Waals surface area contributed by atoms with Gasteiger partial charge in [0.05, 0.1) is 5.69 Å². The summed E-state index contributed by atoms with van der Waals surface area (Å²) in [6.45, 7) is 1.19. The molecule has 1 aliphatic carbocycles. The summed E-state index contributed by atoms with van der Waals surface area (Å²) in [7, 11) is 0. The maximum atomic E-state index is 4.50. The topological polar surface area (TPSA) is 40.7 Å². The van der Waals surface area contributed by atoms with E-state index >= 15 is 0 Å². The molecule has 2 heterocycles. The smallest absolute Gasteiger partial charge is 0.0672 e. The molecule has 82 valence electrons. The van der Waals surface area contributed by atoms with Crippen molar-refractivity contribution in [3.8, 4) is 0 Å². The molecule has 1 fully saturated rings. The van der Waals surface area contributed by atoms with Gasteiger partial charge in [-0.2, -0.15) is 5.10 Å². The molecule has 1 saturated heterocycles. The van der Waals surface area contributed by atoms with E-state index in [1.54, 1.807) is 0 Å². The van der Waals surface area contributed by atoms with Crippen molar-refractivity contribution in [1.29, 1.82) is 0 Å². The summed E-state index contributed by atoms with van der Waals surface area (Å²) in [5, 5.41) is 11.3. The Kier molecular flexibility index (Phi) is 2.49. The summed E-state index contributed by atoms with van der Waals surface area (Å²) < 4.78 is 0. The zero-order valence-electron chi connectivity index (χ0n) is 9.18. The number of hydrogen-bond acceptors (Lipinski definition) is 2. The molecule has 3 heteroatoms. The molecule has 0 radical (unpaired) electrons. The van der Waals surface area contributed by atoms with Gasteiger partial charge in [-0.05, 0) is 50.6 Å². The number of nitrogens with zero attached hydrogens (tertiary/aromatic N) is 1. The van der Waals surface area contributed by atoms with Crippen LogP contribution in [0.15, 0.2) is 0 Å². The maximum absolute atomic E-state index is 4.50. The molecule has 3 rings (SSSR count). The lowest BCUT2D eigenvalue weighted by Gasteiger charge is -2.13. The summed E-state index contributed by atoms with van der Waals surface area (Å²) >= 11 is 0. The Morgan fingerprint density at radius 2 is 2.13 bits per heavy atom. The van der Waals surface area contributed by atoms with E-state index in [4.69, 9.17) is 0 Å². The Balaban J connectivity index is 1.76. The van der Waals surface area contributed by atoms with Gasteiger partial charge >= 0.3 is 0 Å². The lowest BCUT2D eigenvalue weighted by Crippen LogP contribution is -2.24. The van der Waals surface area contributed by atoms with E-state index in [1.807, 2.05) is 0 Å². The van der Waals surface area contributed by atoms with E-state index in [2.05, 4.69) is 15.5 Å². The normalized spacial score (nSPS) is 25.5. The molecular weight excluding hydrogens is 186 g/mol. The van der Waals surface area contributed by atoms with Gasteiger partial charge in [0.15, 0.2) is 0 Å². The highest BCUT2D eigenvalue weighted by molar-refractivity contribution is 5.28. The van der Waals surface area contributed by atoms with Crippen molar-refractivity contribution in [3.05, 3.63) is 17.0 Å². The monoisotopic (exact) mass is 205 g/mol.